The van der Waals surface area contributed by atoms with Gasteiger partial charge in [-0.15, -0.1) is 0 Å². The van der Waals surface area contributed by atoms with Gasteiger partial charge in [0, 0.05) is 18.1 Å². The van der Waals surface area contributed by atoms with Crippen LogP contribution in [0.3, 0.4) is 0 Å². The predicted octanol–water partition coefficient (Wildman–Crippen LogP) is 2.36. The summed E-state index contributed by atoms with van der Waals surface area (Å²) in [6.45, 7) is 0.601. The quantitative estimate of drug-likeness (QED) is 0.787. The van der Waals surface area contributed by atoms with Crippen LogP contribution in [0.5, 0.6) is 0 Å². The van der Waals surface area contributed by atoms with Gasteiger partial charge in [0.1, 0.15) is 6.54 Å². The summed E-state index contributed by atoms with van der Waals surface area (Å²) < 4.78 is 1.44. The van der Waals surface area contributed by atoms with Crippen LogP contribution in [0, 0.1) is 0 Å². The SMILES string of the molecule is O=C(Cn1ccc2ccccc2c1=O)NCCc1ccccc1. The molecule has 0 atom stereocenters. The Morgan fingerprint density at radius 1 is 0.957 bits per heavy atom. The van der Waals surface area contributed by atoms with E-state index in [1.807, 2.05) is 54.6 Å². The van der Waals surface area contributed by atoms with E-state index in [-0.39, 0.29) is 18.0 Å². The van der Waals surface area contributed by atoms with Crippen LogP contribution in [0.4, 0.5) is 0 Å². The molecule has 1 amide bonds. The lowest BCUT2D eigenvalue weighted by atomic mass is 10.1. The molecule has 4 heteroatoms. The fourth-order valence-corrected chi connectivity index (χ4v) is 2.56. The third-order valence-corrected chi connectivity index (χ3v) is 3.78. The number of amides is 1. The summed E-state index contributed by atoms with van der Waals surface area (Å²) in [6.07, 6.45) is 2.45. The Hall–Kier alpha value is -2.88. The number of aromatic nitrogens is 1. The van der Waals surface area contributed by atoms with Crippen LogP contribution >= 0.6 is 0 Å². The monoisotopic (exact) mass is 306 g/mol. The van der Waals surface area contributed by atoms with Gasteiger partial charge in [0.05, 0.1) is 0 Å². The van der Waals surface area contributed by atoms with Crippen molar-refractivity contribution >= 4 is 16.7 Å². The number of nitrogens with one attached hydrogen (secondary N) is 1. The minimum absolute atomic E-state index is 0.0401. The van der Waals surface area contributed by atoms with E-state index in [0.717, 1.165) is 11.8 Å². The summed E-state index contributed by atoms with van der Waals surface area (Å²) >= 11 is 0. The number of rotatable bonds is 5. The van der Waals surface area contributed by atoms with E-state index < -0.39 is 0 Å². The number of pyridine rings is 1. The molecule has 0 aliphatic carbocycles. The number of nitrogens with zero attached hydrogens (tertiary/aromatic N) is 1. The molecule has 2 aromatic carbocycles. The number of fused-ring (bicyclic) bond motifs is 1. The van der Waals surface area contributed by atoms with Crippen LogP contribution in [0.25, 0.3) is 10.8 Å². The van der Waals surface area contributed by atoms with Gasteiger partial charge in [0.15, 0.2) is 0 Å². The van der Waals surface area contributed by atoms with Crippen molar-refractivity contribution in [2.24, 2.45) is 0 Å². The molecule has 0 aliphatic rings. The summed E-state index contributed by atoms with van der Waals surface area (Å²) in [7, 11) is 0. The third kappa shape index (κ3) is 3.66. The molecule has 0 radical (unpaired) electrons. The Balaban J connectivity index is 1.62. The van der Waals surface area contributed by atoms with Crippen molar-refractivity contribution in [1.29, 1.82) is 0 Å². The molecule has 23 heavy (non-hydrogen) atoms. The highest BCUT2D eigenvalue weighted by Crippen LogP contribution is 2.07. The Morgan fingerprint density at radius 2 is 1.70 bits per heavy atom. The molecule has 0 bridgehead atoms. The summed E-state index contributed by atoms with van der Waals surface area (Å²) in [4.78, 5) is 24.4. The van der Waals surface area contributed by atoms with E-state index in [4.69, 9.17) is 0 Å². The first-order valence-electron chi connectivity index (χ1n) is 7.63. The molecule has 1 aromatic heterocycles. The van der Waals surface area contributed by atoms with Gasteiger partial charge >= 0.3 is 0 Å². The molecular weight excluding hydrogens is 288 g/mol. The Labute approximate surface area is 134 Å². The van der Waals surface area contributed by atoms with Crippen LogP contribution in [-0.2, 0) is 17.8 Å². The van der Waals surface area contributed by atoms with Gasteiger partial charge < -0.3 is 9.88 Å². The number of hydrogen-bond donors (Lipinski definition) is 1. The van der Waals surface area contributed by atoms with E-state index in [2.05, 4.69) is 5.32 Å². The Kier molecular flexibility index (Phi) is 4.52. The van der Waals surface area contributed by atoms with E-state index in [0.29, 0.717) is 11.9 Å². The zero-order valence-corrected chi connectivity index (χ0v) is 12.7. The summed E-state index contributed by atoms with van der Waals surface area (Å²) in [5.74, 6) is -0.154. The molecule has 0 aliphatic heterocycles. The largest absolute Gasteiger partial charge is 0.354 e. The molecule has 0 saturated carbocycles. The molecule has 0 saturated heterocycles. The lowest BCUT2D eigenvalue weighted by Crippen LogP contribution is -2.33. The molecule has 116 valence electrons. The molecule has 1 N–H and O–H groups in total. The molecule has 3 rings (SSSR count). The molecule has 4 nitrogen and oxygen atoms in total. The van der Waals surface area contributed by atoms with E-state index in [1.54, 1.807) is 12.3 Å². The number of hydrogen-bond acceptors (Lipinski definition) is 2. The van der Waals surface area contributed by atoms with Crippen molar-refractivity contribution < 1.29 is 4.79 Å². The first-order chi connectivity index (χ1) is 11.2. The molecule has 3 aromatic rings. The second-order valence-corrected chi connectivity index (χ2v) is 5.42. The van der Waals surface area contributed by atoms with Crippen molar-refractivity contribution in [3.63, 3.8) is 0 Å². The fraction of sp³-hybridized carbons (Fsp3) is 0.158. The van der Waals surface area contributed by atoms with Gasteiger partial charge in [-0.25, -0.2) is 0 Å². The molecule has 0 fully saturated rings. The van der Waals surface area contributed by atoms with Crippen LogP contribution in [0.15, 0.2) is 71.7 Å². The van der Waals surface area contributed by atoms with E-state index >= 15 is 0 Å². The van der Waals surface area contributed by atoms with Crippen molar-refractivity contribution in [3.05, 3.63) is 82.8 Å². The van der Waals surface area contributed by atoms with Crippen molar-refractivity contribution in [3.8, 4) is 0 Å². The summed E-state index contributed by atoms with van der Waals surface area (Å²) in [5, 5.41) is 4.38. The van der Waals surface area contributed by atoms with Crippen LogP contribution < -0.4 is 10.9 Å². The zero-order chi connectivity index (χ0) is 16.1. The minimum Gasteiger partial charge on any atom is -0.354 e. The summed E-state index contributed by atoms with van der Waals surface area (Å²) in [6, 6.07) is 19.2. The standard InChI is InChI=1S/C19H18N2O2/c22-18(20-12-10-15-6-2-1-3-7-15)14-21-13-11-16-8-4-5-9-17(16)19(21)23/h1-9,11,13H,10,12,14H2,(H,20,22). The number of carbonyl (C=O) groups excluding carboxylic acids is 1. The average Bonchev–Trinajstić information content (AvgIpc) is 2.59. The van der Waals surface area contributed by atoms with Gasteiger partial charge in [-0.05, 0) is 29.5 Å². The first kappa shape index (κ1) is 15.0. The van der Waals surface area contributed by atoms with Crippen LogP contribution in [0.2, 0.25) is 0 Å². The summed E-state index contributed by atoms with van der Waals surface area (Å²) in [5.41, 5.74) is 1.04. The van der Waals surface area contributed by atoms with Gasteiger partial charge in [-0.3, -0.25) is 9.59 Å². The lowest BCUT2D eigenvalue weighted by Gasteiger charge is -2.08. The van der Waals surface area contributed by atoms with Crippen LogP contribution in [0.1, 0.15) is 5.56 Å². The molecule has 0 spiro atoms. The Morgan fingerprint density at radius 3 is 2.52 bits per heavy atom. The fourth-order valence-electron chi connectivity index (χ4n) is 2.56. The number of benzene rings is 2. The van der Waals surface area contributed by atoms with Gasteiger partial charge in [0.2, 0.25) is 5.91 Å². The van der Waals surface area contributed by atoms with Crippen molar-refractivity contribution in [2.75, 3.05) is 6.54 Å². The molecule has 1 heterocycles. The second-order valence-electron chi connectivity index (χ2n) is 5.42. The predicted molar refractivity (Wildman–Crippen MR) is 91.4 cm³/mol. The zero-order valence-electron chi connectivity index (χ0n) is 12.7. The third-order valence-electron chi connectivity index (χ3n) is 3.78. The minimum atomic E-state index is -0.154. The Bertz CT molecular complexity index is 869. The normalized spacial score (nSPS) is 10.6. The highest BCUT2D eigenvalue weighted by Gasteiger charge is 2.06. The highest BCUT2D eigenvalue weighted by molar-refractivity contribution is 5.82. The lowest BCUT2D eigenvalue weighted by molar-refractivity contribution is -0.121. The number of carbonyl (C=O) groups is 1. The van der Waals surface area contributed by atoms with Crippen LogP contribution in [-0.4, -0.2) is 17.0 Å². The first-order valence-corrected chi connectivity index (χ1v) is 7.63. The smallest absolute Gasteiger partial charge is 0.258 e. The van der Waals surface area contributed by atoms with Gasteiger partial charge in [-0.1, -0.05) is 48.5 Å². The average molecular weight is 306 g/mol. The topological polar surface area (TPSA) is 51.1 Å². The molecule has 0 unspecified atom stereocenters. The van der Waals surface area contributed by atoms with Crippen molar-refractivity contribution in [2.45, 2.75) is 13.0 Å². The highest BCUT2D eigenvalue weighted by atomic mass is 16.2. The maximum atomic E-state index is 12.3. The van der Waals surface area contributed by atoms with Crippen molar-refractivity contribution in [1.82, 2.24) is 9.88 Å². The maximum Gasteiger partial charge on any atom is 0.258 e. The van der Waals surface area contributed by atoms with E-state index in [9.17, 15) is 9.59 Å². The second kappa shape index (κ2) is 6.92. The van der Waals surface area contributed by atoms with Gasteiger partial charge in [0.25, 0.3) is 5.56 Å². The van der Waals surface area contributed by atoms with E-state index in [1.165, 1.54) is 10.1 Å². The van der Waals surface area contributed by atoms with Gasteiger partial charge in [-0.2, -0.15) is 0 Å². The maximum absolute atomic E-state index is 12.3. The molecular formula is C19H18N2O2.